The number of ether oxygens (including phenoxy) is 1. The van der Waals surface area contributed by atoms with Crippen LogP contribution in [0, 0.1) is 5.92 Å². The van der Waals surface area contributed by atoms with Crippen LogP contribution in [0.2, 0.25) is 0 Å². The number of fused-ring (bicyclic) bond motifs is 1. The third-order valence-electron chi connectivity index (χ3n) is 3.55. The molecule has 1 aromatic rings. The lowest BCUT2D eigenvalue weighted by Crippen LogP contribution is -2.14. The molecule has 1 nitrogen and oxygen atoms in total. The van der Waals surface area contributed by atoms with Crippen molar-refractivity contribution in [2.45, 2.75) is 39.0 Å². The van der Waals surface area contributed by atoms with Gasteiger partial charge < -0.3 is 4.74 Å². The van der Waals surface area contributed by atoms with Crippen LogP contribution in [-0.4, -0.2) is 13.2 Å². The van der Waals surface area contributed by atoms with Crippen molar-refractivity contribution in [3.63, 3.8) is 0 Å². The molecule has 1 aromatic carbocycles. The number of aryl methyl sites for hydroxylation is 1. The quantitative estimate of drug-likeness (QED) is 0.686. The van der Waals surface area contributed by atoms with E-state index in [1.54, 1.807) is 11.1 Å². The lowest BCUT2D eigenvalue weighted by atomic mass is 9.82. The first-order chi connectivity index (χ1) is 7.90. The highest BCUT2D eigenvalue weighted by Crippen LogP contribution is 2.28. The Morgan fingerprint density at radius 2 is 2.06 bits per heavy atom. The van der Waals surface area contributed by atoms with E-state index in [-0.39, 0.29) is 0 Å². The van der Waals surface area contributed by atoms with E-state index < -0.39 is 0 Å². The zero-order valence-electron chi connectivity index (χ0n) is 10.2. The van der Waals surface area contributed by atoms with Crippen LogP contribution in [-0.2, 0) is 17.6 Å². The van der Waals surface area contributed by atoms with Crippen LogP contribution in [0.25, 0.3) is 0 Å². The minimum absolute atomic E-state index is 0.855. The van der Waals surface area contributed by atoms with Crippen molar-refractivity contribution < 1.29 is 4.74 Å². The van der Waals surface area contributed by atoms with Gasteiger partial charge in [0, 0.05) is 13.2 Å². The normalized spacial score (nSPS) is 19.4. The van der Waals surface area contributed by atoms with Gasteiger partial charge >= 0.3 is 0 Å². The summed E-state index contributed by atoms with van der Waals surface area (Å²) < 4.78 is 5.39. The summed E-state index contributed by atoms with van der Waals surface area (Å²) in [6, 6.07) is 8.91. The highest BCUT2D eigenvalue weighted by molar-refractivity contribution is 5.29. The number of hydrogen-bond acceptors (Lipinski definition) is 1. The smallest absolute Gasteiger partial charge is 0.0465 e. The molecule has 0 heterocycles. The zero-order valence-corrected chi connectivity index (χ0v) is 10.2. The van der Waals surface area contributed by atoms with Gasteiger partial charge in [-0.15, -0.1) is 0 Å². The summed E-state index contributed by atoms with van der Waals surface area (Å²) in [5, 5.41) is 0. The first-order valence-electron chi connectivity index (χ1n) is 6.54. The van der Waals surface area contributed by atoms with Crippen LogP contribution in [0.3, 0.4) is 0 Å². The second-order valence-corrected chi connectivity index (χ2v) is 4.72. The average Bonchev–Trinajstić information content (AvgIpc) is 2.34. The summed E-state index contributed by atoms with van der Waals surface area (Å²) in [6.45, 7) is 3.86. The van der Waals surface area contributed by atoms with Crippen molar-refractivity contribution in [2.24, 2.45) is 5.92 Å². The fourth-order valence-corrected chi connectivity index (χ4v) is 2.64. The summed E-state index contributed by atoms with van der Waals surface area (Å²) >= 11 is 0. The van der Waals surface area contributed by atoms with Gasteiger partial charge in [-0.05, 0) is 56.1 Å². The first-order valence-corrected chi connectivity index (χ1v) is 6.54. The number of rotatable bonds is 5. The van der Waals surface area contributed by atoms with Gasteiger partial charge in [0.1, 0.15) is 0 Å². The van der Waals surface area contributed by atoms with Gasteiger partial charge in [-0.1, -0.05) is 24.3 Å². The van der Waals surface area contributed by atoms with E-state index >= 15 is 0 Å². The van der Waals surface area contributed by atoms with Crippen LogP contribution in [0.1, 0.15) is 37.3 Å². The SMILES string of the molecule is CCOCCCC1CCc2ccccc2C1. The second kappa shape index (κ2) is 6.05. The molecule has 0 fully saturated rings. The van der Waals surface area contributed by atoms with Gasteiger partial charge in [-0.3, -0.25) is 0 Å². The van der Waals surface area contributed by atoms with Crippen LogP contribution >= 0.6 is 0 Å². The Hall–Kier alpha value is -0.820. The zero-order chi connectivity index (χ0) is 11.2. The van der Waals surface area contributed by atoms with Crippen LogP contribution in [0.4, 0.5) is 0 Å². The minimum Gasteiger partial charge on any atom is -0.382 e. The molecule has 1 aliphatic carbocycles. The Morgan fingerprint density at radius 3 is 2.88 bits per heavy atom. The molecule has 0 N–H and O–H groups in total. The van der Waals surface area contributed by atoms with E-state index in [9.17, 15) is 0 Å². The molecule has 0 radical (unpaired) electrons. The molecule has 0 aliphatic heterocycles. The summed E-state index contributed by atoms with van der Waals surface area (Å²) in [7, 11) is 0. The molecule has 2 rings (SSSR count). The van der Waals surface area contributed by atoms with E-state index in [1.165, 1.54) is 32.1 Å². The van der Waals surface area contributed by atoms with E-state index in [2.05, 4.69) is 31.2 Å². The van der Waals surface area contributed by atoms with Crippen LogP contribution < -0.4 is 0 Å². The lowest BCUT2D eigenvalue weighted by Gasteiger charge is -2.24. The molecule has 0 bridgehead atoms. The Bertz CT molecular complexity index is 319. The van der Waals surface area contributed by atoms with Gasteiger partial charge in [0.2, 0.25) is 0 Å². The molecule has 1 heteroatoms. The Balaban J connectivity index is 1.79. The van der Waals surface area contributed by atoms with Crippen molar-refractivity contribution in [1.29, 1.82) is 0 Å². The van der Waals surface area contributed by atoms with Crippen molar-refractivity contribution >= 4 is 0 Å². The summed E-state index contributed by atoms with van der Waals surface area (Å²) in [5.41, 5.74) is 3.15. The molecule has 1 atom stereocenters. The Kier molecular flexibility index (Phi) is 4.41. The Labute approximate surface area is 98.8 Å². The average molecular weight is 218 g/mol. The largest absolute Gasteiger partial charge is 0.382 e. The molecule has 0 amide bonds. The molecule has 88 valence electrons. The van der Waals surface area contributed by atoms with Gasteiger partial charge in [-0.25, -0.2) is 0 Å². The number of hydrogen-bond donors (Lipinski definition) is 0. The third-order valence-corrected chi connectivity index (χ3v) is 3.55. The molecule has 0 spiro atoms. The van der Waals surface area contributed by atoms with E-state index in [4.69, 9.17) is 4.74 Å². The topological polar surface area (TPSA) is 9.23 Å². The first kappa shape index (κ1) is 11.7. The maximum atomic E-state index is 5.39. The van der Waals surface area contributed by atoms with Crippen molar-refractivity contribution in [3.8, 4) is 0 Å². The molecule has 0 saturated heterocycles. The fraction of sp³-hybridized carbons (Fsp3) is 0.600. The van der Waals surface area contributed by atoms with Gasteiger partial charge in [0.25, 0.3) is 0 Å². The van der Waals surface area contributed by atoms with Crippen LogP contribution in [0.5, 0.6) is 0 Å². The highest BCUT2D eigenvalue weighted by Gasteiger charge is 2.17. The molecule has 16 heavy (non-hydrogen) atoms. The minimum atomic E-state index is 0.855. The standard InChI is InChI=1S/C15H22O/c1-2-16-11-5-6-13-9-10-14-7-3-4-8-15(14)12-13/h3-4,7-8,13H,2,5-6,9-12H2,1H3. The Morgan fingerprint density at radius 1 is 1.25 bits per heavy atom. The van der Waals surface area contributed by atoms with Crippen molar-refractivity contribution in [2.75, 3.05) is 13.2 Å². The maximum Gasteiger partial charge on any atom is 0.0465 e. The second-order valence-electron chi connectivity index (χ2n) is 4.72. The maximum absolute atomic E-state index is 5.39. The molecule has 1 unspecified atom stereocenters. The van der Waals surface area contributed by atoms with Crippen LogP contribution in [0.15, 0.2) is 24.3 Å². The third kappa shape index (κ3) is 3.08. The fourth-order valence-electron chi connectivity index (χ4n) is 2.64. The summed E-state index contributed by atoms with van der Waals surface area (Å²) in [6.07, 6.45) is 6.47. The van der Waals surface area contributed by atoms with Gasteiger partial charge in [0.15, 0.2) is 0 Å². The summed E-state index contributed by atoms with van der Waals surface area (Å²) in [5.74, 6) is 0.885. The van der Waals surface area contributed by atoms with E-state index in [1.807, 2.05) is 0 Å². The molecular formula is C15H22O. The summed E-state index contributed by atoms with van der Waals surface area (Å²) in [4.78, 5) is 0. The predicted molar refractivity (Wildman–Crippen MR) is 67.7 cm³/mol. The van der Waals surface area contributed by atoms with Crippen molar-refractivity contribution in [3.05, 3.63) is 35.4 Å². The van der Waals surface area contributed by atoms with E-state index in [0.717, 1.165) is 19.1 Å². The molecule has 0 aromatic heterocycles. The van der Waals surface area contributed by atoms with Crippen molar-refractivity contribution in [1.82, 2.24) is 0 Å². The molecular weight excluding hydrogens is 196 g/mol. The molecule has 1 aliphatic rings. The lowest BCUT2D eigenvalue weighted by molar-refractivity contribution is 0.138. The van der Waals surface area contributed by atoms with E-state index in [0.29, 0.717) is 0 Å². The van der Waals surface area contributed by atoms with Gasteiger partial charge in [-0.2, -0.15) is 0 Å². The van der Waals surface area contributed by atoms with Gasteiger partial charge in [0.05, 0.1) is 0 Å². The molecule has 0 saturated carbocycles. The number of benzene rings is 1. The predicted octanol–water partition coefficient (Wildman–Crippen LogP) is 3.61. The monoisotopic (exact) mass is 218 g/mol. The highest BCUT2D eigenvalue weighted by atomic mass is 16.5.